The van der Waals surface area contributed by atoms with Gasteiger partial charge < -0.3 is 25.7 Å². The quantitative estimate of drug-likeness (QED) is 0.135. The fourth-order valence-electron chi connectivity index (χ4n) is 4.77. The third-order valence-corrected chi connectivity index (χ3v) is 7.11. The lowest BCUT2D eigenvalue weighted by atomic mass is 9.73. The molecule has 1 aromatic heterocycles. The molecule has 0 aliphatic carbocycles. The van der Waals surface area contributed by atoms with Gasteiger partial charge in [-0.15, -0.1) is 0 Å². The van der Waals surface area contributed by atoms with E-state index >= 15 is 0 Å². The molecule has 0 aliphatic heterocycles. The number of amides is 2. The van der Waals surface area contributed by atoms with Crippen molar-refractivity contribution >= 4 is 18.9 Å². The lowest BCUT2D eigenvalue weighted by molar-refractivity contribution is -0.123. The smallest absolute Gasteiger partial charge is 0.410 e. The summed E-state index contributed by atoms with van der Waals surface area (Å²) in [5.74, 6) is -0.282. The van der Waals surface area contributed by atoms with Crippen LogP contribution in [0.5, 0.6) is 0 Å². The Hall–Kier alpha value is -2.82. The summed E-state index contributed by atoms with van der Waals surface area (Å²) in [5.41, 5.74) is 6.69. The van der Waals surface area contributed by atoms with Crippen molar-refractivity contribution in [2.75, 3.05) is 19.8 Å². The van der Waals surface area contributed by atoms with E-state index in [9.17, 15) is 9.59 Å². The minimum atomic E-state index is -0.817. The number of hydrogen-bond donors (Lipinski definition) is 3. The number of benzene rings is 1. The lowest BCUT2D eigenvalue weighted by Gasteiger charge is -2.28. The number of unbranched alkanes of at least 4 members (excludes halogenated alkanes) is 3. The maximum absolute atomic E-state index is 13.8. The summed E-state index contributed by atoms with van der Waals surface area (Å²) in [6.45, 7) is 10.4. The molecule has 10 heteroatoms. The zero-order chi connectivity index (χ0) is 30.6. The van der Waals surface area contributed by atoms with Crippen LogP contribution in [-0.4, -0.2) is 60.6 Å². The van der Waals surface area contributed by atoms with Gasteiger partial charge in [-0.25, -0.2) is 4.98 Å². The fraction of sp³-hybridized carbons (Fsp3) is 0.625. The Labute approximate surface area is 253 Å². The molecule has 4 N–H and O–H groups in total. The zero-order valence-electron chi connectivity index (χ0n) is 26.1. The molecule has 0 fully saturated rings. The Morgan fingerprint density at radius 1 is 0.952 bits per heavy atom. The summed E-state index contributed by atoms with van der Waals surface area (Å²) in [6.07, 6.45) is 13.0. The van der Waals surface area contributed by atoms with Crippen molar-refractivity contribution in [3.8, 4) is 0 Å². The van der Waals surface area contributed by atoms with Crippen LogP contribution in [0.3, 0.4) is 0 Å². The van der Waals surface area contributed by atoms with Crippen LogP contribution < -0.4 is 16.4 Å². The molecule has 3 atom stereocenters. The van der Waals surface area contributed by atoms with Gasteiger partial charge >= 0.3 is 7.12 Å². The second-order valence-corrected chi connectivity index (χ2v) is 11.5. The van der Waals surface area contributed by atoms with Crippen molar-refractivity contribution in [3.63, 3.8) is 0 Å². The topological polar surface area (TPSA) is 128 Å². The van der Waals surface area contributed by atoms with Gasteiger partial charge in [-0.3, -0.25) is 14.6 Å². The summed E-state index contributed by atoms with van der Waals surface area (Å²) in [4.78, 5) is 34.8. The van der Waals surface area contributed by atoms with Gasteiger partial charge in [0.05, 0.1) is 12.1 Å². The van der Waals surface area contributed by atoms with Gasteiger partial charge in [0.15, 0.2) is 0 Å². The first-order chi connectivity index (χ1) is 20.3. The van der Waals surface area contributed by atoms with Crippen LogP contribution in [-0.2, 0) is 20.5 Å². The molecule has 2 amide bonds. The van der Waals surface area contributed by atoms with E-state index in [0.717, 1.165) is 37.8 Å². The van der Waals surface area contributed by atoms with Crippen LogP contribution in [0, 0.1) is 11.8 Å². The summed E-state index contributed by atoms with van der Waals surface area (Å²) >= 11 is 0. The van der Waals surface area contributed by atoms with E-state index in [1.807, 2.05) is 30.3 Å². The van der Waals surface area contributed by atoms with E-state index in [4.69, 9.17) is 15.0 Å². The highest BCUT2D eigenvalue weighted by Gasteiger charge is 2.34. The fourth-order valence-corrected chi connectivity index (χ4v) is 4.77. The van der Waals surface area contributed by atoms with Crippen molar-refractivity contribution in [2.45, 2.75) is 97.5 Å². The SMILES string of the molecule is CCCOB(OCCC(C)CCCCCCN)[C@H](CC(C)C)NC(=O)[C@H](Cc1ccccc1)NC(=O)c1cnccn1. The molecule has 2 aromatic rings. The first kappa shape index (κ1) is 35.4. The highest BCUT2D eigenvalue weighted by molar-refractivity contribution is 6.47. The Morgan fingerprint density at radius 2 is 1.69 bits per heavy atom. The Bertz CT molecular complexity index is 999. The number of rotatable bonds is 22. The van der Waals surface area contributed by atoms with Gasteiger partial charge in [0, 0.05) is 32.0 Å². The van der Waals surface area contributed by atoms with Gasteiger partial charge in [-0.05, 0) is 49.6 Å². The van der Waals surface area contributed by atoms with Crippen molar-refractivity contribution in [2.24, 2.45) is 17.6 Å². The van der Waals surface area contributed by atoms with Crippen LogP contribution in [0.1, 0.15) is 95.1 Å². The molecule has 0 saturated heterocycles. The normalized spacial score (nSPS) is 13.4. The predicted molar refractivity (Wildman–Crippen MR) is 169 cm³/mol. The molecule has 0 radical (unpaired) electrons. The second-order valence-electron chi connectivity index (χ2n) is 11.5. The predicted octanol–water partition coefficient (Wildman–Crippen LogP) is 4.75. The van der Waals surface area contributed by atoms with Gasteiger partial charge in [-0.2, -0.15) is 0 Å². The summed E-state index contributed by atoms with van der Waals surface area (Å²) in [6, 6.07) is 8.82. The highest BCUT2D eigenvalue weighted by atomic mass is 16.6. The van der Waals surface area contributed by atoms with Crippen LogP contribution in [0.25, 0.3) is 0 Å². The highest BCUT2D eigenvalue weighted by Crippen LogP contribution is 2.16. The standard InChI is InChI=1S/C32H52BN5O4/c1-5-20-41-33(42-21-16-26(4)13-9-6-7-12-17-34)30(22-25(2)3)38-31(39)28(23-27-14-10-8-11-15-27)37-32(40)29-24-35-18-19-36-29/h8,10-11,14-15,18-19,24-26,28,30H,5-7,9,12-13,16-17,20-23,34H2,1-4H3,(H,37,40)(H,38,39)/t26?,28-,30-/m0/s1. The number of nitrogens with two attached hydrogens (primary N) is 1. The third-order valence-electron chi connectivity index (χ3n) is 7.11. The average molecular weight is 582 g/mol. The molecule has 42 heavy (non-hydrogen) atoms. The molecule has 0 bridgehead atoms. The Kier molecular flexibility index (Phi) is 17.7. The number of aromatic nitrogens is 2. The molecule has 9 nitrogen and oxygen atoms in total. The van der Waals surface area contributed by atoms with Crippen LogP contribution in [0.2, 0.25) is 0 Å². The van der Waals surface area contributed by atoms with E-state index in [0.29, 0.717) is 37.9 Å². The molecule has 0 saturated carbocycles. The van der Waals surface area contributed by atoms with E-state index in [1.54, 1.807) is 0 Å². The maximum atomic E-state index is 13.8. The minimum Gasteiger partial charge on any atom is -0.410 e. The number of nitrogens with zero attached hydrogens (tertiary/aromatic N) is 2. The molecule has 0 aliphatic rings. The minimum absolute atomic E-state index is 0.156. The largest absolute Gasteiger partial charge is 0.480 e. The van der Waals surface area contributed by atoms with E-state index < -0.39 is 19.1 Å². The summed E-state index contributed by atoms with van der Waals surface area (Å²) in [5, 5.41) is 6.05. The summed E-state index contributed by atoms with van der Waals surface area (Å²) in [7, 11) is -0.582. The molecule has 0 spiro atoms. The number of carbonyl (C=O) groups is 2. The molecular weight excluding hydrogens is 529 g/mol. The summed E-state index contributed by atoms with van der Waals surface area (Å²) < 4.78 is 12.5. The van der Waals surface area contributed by atoms with E-state index in [-0.39, 0.29) is 17.5 Å². The molecule has 1 heterocycles. The number of hydrogen-bond acceptors (Lipinski definition) is 7. The van der Waals surface area contributed by atoms with Crippen LogP contribution in [0.15, 0.2) is 48.9 Å². The molecular formula is C32H52BN5O4. The number of nitrogens with one attached hydrogen (secondary N) is 2. The van der Waals surface area contributed by atoms with Gasteiger partial charge in [0.1, 0.15) is 11.7 Å². The van der Waals surface area contributed by atoms with Crippen LogP contribution >= 0.6 is 0 Å². The molecule has 2 rings (SSSR count). The Morgan fingerprint density at radius 3 is 2.36 bits per heavy atom. The second kappa shape index (κ2) is 21.0. The third kappa shape index (κ3) is 14.4. The first-order valence-corrected chi connectivity index (χ1v) is 15.7. The monoisotopic (exact) mass is 581 g/mol. The van der Waals surface area contributed by atoms with Gasteiger partial charge in [0.25, 0.3) is 5.91 Å². The van der Waals surface area contributed by atoms with Crippen LogP contribution in [0.4, 0.5) is 0 Å². The van der Waals surface area contributed by atoms with Gasteiger partial charge in [0.2, 0.25) is 5.91 Å². The average Bonchev–Trinajstić information content (AvgIpc) is 2.98. The van der Waals surface area contributed by atoms with Crippen molar-refractivity contribution in [1.82, 2.24) is 20.6 Å². The molecule has 1 aromatic carbocycles. The van der Waals surface area contributed by atoms with Crippen molar-refractivity contribution in [3.05, 3.63) is 60.2 Å². The lowest BCUT2D eigenvalue weighted by Crippen LogP contribution is -2.56. The maximum Gasteiger partial charge on any atom is 0.480 e. The Balaban J connectivity index is 2.11. The van der Waals surface area contributed by atoms with E-state index in [2.05, 4.69) is 48.3 Å². The number of carbonyl (C=O) groups excluding carboxylic acids is 2. The van der Waals surface area contributed by atoms with E-state index in [1.165, 1.54) is 37.9 Å². The first-order valence-electron chi connectivity index (χ1n) is 15.7. The van der Waals surface area contributed by atoms with Crippen molar-refractivity contribution in [1.29, 1.82) is 0 Å². The van der Waals surface area contributed by atoms with Crippen molar-refractivity contribution < 1.29 is 18.9 Å². The zero-order valence-corrected chi connectivity index (χ0v) is 26.1. The molecule has 1 unspecified atom stereocenters. The molecule has 232 valence electrons. The van der Waals surface area contributed by atoms with Gasteiger partial charge in [-0.1, -0.05) is 83.7 Å².